The van der Waals surface area contributed by atoms with Gasteiger partial charge in [0, 0.05) is 19.4 Å². The monoisotopic (exact) mass is 208 g/mol. The van der Waals surface area contributed by atoms with Crippen LogP contribution in [-0.2, 0) is 16.1 Å². The zero-order valence-corrected chi connectivity index (χ0v) is 8.98. The van der Waals surface area contributed by atoms with Crippen molar-refractivity contribution >= 4 is 5.78 Å². The minimum atomic E-state index is -0.0831. The standard InChI is InChI=1S/C11H16N2O2/c1-2-4-13-8-12-7-10(13)11-6-9(14)3-5-15-11/h7-8,11H,2-6H2,1H3. The van der Waals surface area contributed by atoms with E-state index >= 15 is 0 Å². The Balaban J connectivity index is 2.13. The third-order valence-electron chi connectivity index (χ3n) is 2.65. The van der Waals surface area contributed by atoms with Crippen LogP contribution < -0.4 is 0 Å². The SMILES string of the molecule is CCCn1cncc1C1CC(=O)CCO1. The van der Waals surface area contributed by atoms with Crippen molar-refractivity contribution in [1.29, 1.82) is 0 Å². The summed E-state index contributed by atoms with van der Waals surface area (Å²) in [6, 6.07) is 0. The van der Waals surface area contributed by atoms with Crippen LogP contribution in [0.3, 0.4) is 0 Å². The third kappa shape index (κ3) is 2.26. The molecule has 1 unspecified atom stereocenters. The molecule has 0 aliphatic carbocycles. The van der Waals surface area contributed by atoms with Gasteiger partial charge in [0.2, 0.25) is 0 Å². The van der Waals surface area contributed by atoms with Crippen molar-refractivity contribution in [3.8, 4) is 0 Å². The van der Waals surface area contributed by atoms with E-state index in [1.54, 1.807) is 12.5 Å². The lowest BCUT2D eigenvalue weighted by molar-refractivity contribution is -0.129. The fourth-order valence-electron chi connectivity index (χ4n) is 1.90. The number of aromatic nitrogens is 2. The molecule has 1 aromatic rings. The lowest BCUT2D eigenvalue weighted by atomic mass is 10.1. The normalized spacial score (nSPS) is 21.9. The Labute approximate surface area is 89.3 Å². The quantitative estimate of drug-likeness (QED) is 0.759. The highest BCUT2D eigenvalue weighted by Gasteiger charge is 2.24. The molecule has 1 fully saturated rings. The number of nitrogens with zero attached hydrogens (tertiary/aromatic N) is 2. The summed E-state index contributed by atoms with van der Waals surface area (Å²) in [5.41, 5.74) is 1.03. The molecule has 0 aromatic carbocycles. The predicted molar refractivity (Wildman–Crippen MR) is 55.5 cm³/mol. The van der Waals surface area contributed by atoms with Gasteiger partial charge in [-0.25, -0.2) is 4.98 Å². The van der Waals surface area contributed by atoms with Gasteiger partial charge in [0.1, 0.15) is 11.9 Å². The van der Waals surface area contributed by atoms with Crippen molar-refractivity contribution in [2.75, 3.05) is 6.61 Å². The molecular formula is C11H16N2O2. The van der Waals surface area contributed by atoms with Gasteiger partial charge >= 0.3 is 0 Å². The van der Waals surface area contributed by atoms with E-state index in [1.807, 2.05) is 0 Å². The minimum Gasteiger partial charge on any atom is -0.371 e. The van der Waals surface area contributed by atoms with Crippen LogP contribution in [0.15, 0.2) is 12.5 Å². The van der Waals surface area contributed by atoms with Crippen molar-refractivity contribution in [3.05, 3.63) is 18.2 Å². The maximum Gasteiger partial charge on any atom is 0.138 e. The summed E-state index contributed by atoms with van der Waals surface area (Å²) in [6.07, 6.45) is 5.64. The highest BCUT2D eigenvalue weighted by Crippen LogP contribution is 2.25. The Morgan fingerprint density at radius 2 is 2.53 bits per heavy atom. The maximum absolute atomic E-state index is 11.3. The second-order valence-corrected chi connectivity index (χ2v) is 3.86. The van der Waals surface area contributed by atoms with Crippen LogP contribution >= 0.6 is 0 Å². The van der Waals surface area contributed by atoms with E-state index in [2.05, 4.69) is 16.5 Å². The van der Waals surface area contributed by atoms with E-state index in [4.69, 9.17) is 4.74 Å². The molecule has 1 aromatic heterocycles. The molecule has 0 bridgehead atoms. The average molecular weight is 208 g/mol. The van der Waals surface area contributed by atoms with Crippen molar-refractivity contribution in [2.24, 2.45) is 0 Å². The Morgan fingerprint density at radius 3 is 3.27 bits per heavy atom. The topological polar surface area (TPSA) is 44.1 Å². The van der Waals surface area contributed by atoms with E-state index in [-0.39, 0.29) is 11.9 Å². The zero-order valence-electron chi connectivity index (χ0n) is 8.98. The summed E-state index contributed by atoms with van der Waals surface area (Å²) in [6.45, 7) is 3.60. The first kappa shape index (κ1) is 10.4. The molecule has 1 saturated heterocycles. The Hall–Kier alpha value is -1.16. The molecule has 2 heterocycles. The molecule has 0 radical (unpaired) electrons. The van der Waals surface area contributed by atoms with Crippen LogP contribution in [0.1, 0.15) is 38.0 Å². The molecule has 4 nitrogen and oxygen atoms in total. The minimum absolute atomic E-state index is 0.0831. The van der Waals surface area contributed by atoms with E-state index in [0.29, 0.717) is 19.4 Å². The van der Waals surface area contributed by atoms with Crippen LogP contribution in [0.5, 0.6) is 0 Å². The van der Waals surface area contributed by atoms with Gasteiger partial charge in [0.05, 0.1) is 24.8 Å². The first-order chi connectivity index (χ1) is 7.31. The molecular weight excluding hydrogens is 192 g/mol. The summed E-state index contributed by atoms with van der Waals surface area (Å²) in [4.78, 5) is 15.4. The largest absolute Gasteiger partial charge is 0.371 e. The number of hydrogen-bond acceptors (Lipinski definition) is 3. The summed E-state index contributed by atoms with van der Waals surface area (Å²) in [5, 5.41) is 0. The van der Waals surface area contributed by atoms with Crippen molar-refractivity contribution in [2.45, 2.75) is 38.8 Å². The number of ether oxygens (including phenoxy) is 1. The van der Waals surface area contributed by atoms with E-state index < -0.39 is 0 Å². The number of rotatable bonds is 3. The molecule has 15 heavy (non-hydrogen) atoms. The Kier molecular flexibility index (Phi) is 3.16. The number of hydrogen-bond donors (Lipinski definition) is 0. The fourth-order valence-corrected chi connectivity index (χ4v) is 1.90. The van der Waals surface area contributed by atoms with Gasteiger partial charge in [-0.2, -0.15) is 0 Å². The second kappa shape index (κ2) is 4.57. The van der Waals surface area contributed by atoms with Crippen molar-refractivity contribution in [3.63, 3.8) is 0 Å². The molecule has 4 heteroatoms. The van der Waals surface area contributed by atoms with E-state index in [1.165, 1.54) is 0 Å². The zero-order chi connectivity index (χ0) is 10.7. The molecule has 0 spiro atoms. The highest BCUT2D eigenvalue weighted by atomic mass is 16.5. The summed E-state index contributed by atoms with van der Waals surface area (Å²) < 4.78 is 7.67. The van der Waals surface area contributed by atoms with Gasteiger partial charge in [-0.15, -0.1) is 0 Å². The smallest absolute Gasteiger partial charge is 0.138 e. The Bertz CT molecular complexity index is 346. The van der Waals surface area contributed by atoms with Crippen molar-refractivity contribution in [1.82, 2.24) is 9.55 Å². The number of aryl methyl sites for hydroxylation is 1. The molecule has 82 valence electrons. The van der Waals surface area contributed by atoms with Crippen LogP contribution in [-0.4, -0.2) is 21.9 Å². The molecule has 1 aliphatic heterocycles. The molecule has 0 N–H and O–H groups in total. The second-order valence-electron chi connectivity index (χ2n) is 3.86. The summed E-state index contributed by atoms with van der Waals surface area (Å²) in [7, 11) is 0. The lowest BCUT2D eigenvalue weighted by Gasteiger charge is -2.22. The van der Waals surface area contributed by atoms with Gasteiger partial charge in [-0.1, -0.05) is 6.92 Å². The van der Waals surface area contributed by atoms with Crippen molar-refractivity contribution < 1.29 is 9.53 Å². The van der Waals surface area contributed by atoms with Crippen LogP contribution in [0.25, 0.3) is 0 Å². The first-order valence-electron chi connectivity index (χ1n) is 5.44. The molecule has 1 atom stereocenters. The van der Waals surface area contributed by atoms with Crippen LogP contribution in [0.4, 0.5) is 0 Å². The van der Waals surface area contributed by atoms with Crippen LogP contribution in [0, 0.1) is 0 Å². The summed E-state index contributed by atoms with van der Waals surface area (Å²) >= 11 is 0. The third-order valence-corrected chi connectivity index (χ3v) is 2.65. The number of Topliss-reactive ketones (excluding diaryl/α,β-unsaturated/α-hetero) is 1. The molecule has 0 saturated carbocycles. The van der Waals surface area contributed by atoms with Gasteiger partial charge in [0.15, 0.2) is 0 Å². The van der Waals surface area contributed by atoms with Gasteiger partial charge < -0.3 is 9.30 Å². The summed E-state index contributed by atoms with van der Waals surface area (Å²) in [5.74, 6) is 0.287. The van der Waals surface area contributed by atoms with Crippen LogP contribution in [0.2, 0.25) is 0 Å². The number of ketones is 1. The van der Waals surface area contributed by atoms with Gasteiger partial charge in [0.25, 0.3) is 0 Å². The molecule has 2 rings (SSSR count). The Morgan fingerprint density at radius 1 is 1.67 bits per heavy atom. The first-order valence-corrected chi connectivity index (χ1v) is 5.44. The number of imidazole rings is 1. The highest BCUT2D eigenvalue weighted by molar-refractivity contribution is 5.79. The average Bonchev–Trinajstić information content (AvgIpc) is 2.66. The lowest BCUT2D eigenvalue weighted by Crippen LogP contribution is -2.21. The maximum atomic E-state index is 11.3. The molecule has 1 aliphatic rings. The predicted octanol–water partition coefficient (Wildman–Crippen LogP) is 1.71. The number of carbonyl (C=O) groups excluding carboxylic acids is 1. The van der Waals surface area contributed by atoms with E-state index in [9.17, 15) is 4.79 Å². The fraction of sp³-hybridized carbons (Fsp3) is 0.636. The number of carbonyl (C=O) groups is 1. The van der Waals surface area contributed by atoms with E-state index in [0.717, 1.165) is 18.7 Å². The van der Waals surface area contributed by atoms with Gasteiger partial charge in [-0.05, 0) is 6.42 Å². The van der Waals surface area contributed by atoms with Gasteiger partial charge in [-0.3, -0.25) is 4.79 Å². The molecule has 0 amide bonds.